The first-order valence-electron chi connectivity index (χ1n) is 8.00. The molecule has 0 saturated heterocycles. The van der Waals surface area contributed by atoms with E-state index in [9.17, 15) is 14.9 Å². The van der Waals surface area contributed by atoms with Crippen molar-refractivity contribution >= 4 is 11.6 Å². The van der Waals surface area contributed by atoms with E-state index in [2.05, 4.69) is 19.2 Å². The molecule has 24 heavy (non-hydrogen) atoms. The topological polar surface area (TPSA) is 72.2 Å². The number of carbonyl (C=O) groups is 1. The predicted molar refractivity (Wildman–Crippen MR) is 93.9 cm³/mol. The molecule has 0 aliphatic carbocycles. The Morgan fingerprint density at radius 2 is 1.79 bits per heavy atom. The molecule has 5 nitrogen and oxygen atoms in total. The number of nitro benzene ring substituents is 1. The second kappa shape index (κ2) is 7.73. The van der Waals surface area contributed by atoms with Gasteiger partial charge in [0.2, 0.25) is 0 Å². The van der Waals surface area contributed by atoms with Crippen LogP contribution in [0.15, 0.2) is 48.5 Å². The third-order valence-corrected chi connectivity index (χ3v) is 3.96. The maximum atomic E-state index is 12.7. The van der Waals surface area contributed by atoms with Crippen LogP contribution in [0.25, 0.3) is 0 Å². The molecule has 5 heteroatoms. The van der Waals surface area contributed by atoms with Crippen LogP contribution < -0.4 is 5.32 Å². The summed E-state index contributed by atoms with van der Waals surface area (Å²) < 4.78 is 0. The Bertz CT molecular complexity index is 727. The summed E-state index contributed by atoms with van der Waals surface area (Å²) in [5, 5.41) is 14.1. The molecule has 1 atom stereocenters. The summed E-state index contributed by atoms with van der Waals surface area (Å²) in [5.41, 5.74) is 1.72. The molecule has 0 fully saturated rings. The number of nitrogens with one attached hydrogen (secondary N) is 1. The predicted octanol–water partition coefficient (Wildman–Crippen LogP) is 4.42. The van der Waals surface area contributed by atoms with Crippen LogP contribution in [0.4, 0.5) is 5.69 Å². The van der Waals surface area contributed by atoms with E-state index in [1.165, 1.54) is 6.07 Å². The van der Waals surface area contributed by atoms with Crippen LogP contribution in [-0.4, -0.2) is 10.8 Å². The van der Waals surface area contributed by atoms with Crippen molar-refractivity contribution in [2.75, 3.05) is 0 Å². The third kappa shape index (κ3) is 4.19. The minimum absolute atomic E-state index is 0.0391. The van der Waals surface area contributed by atoms with Crippen LogP contribution in [0.5, 0.6) is 0 Å². The molecule has 1 amide bonds. The number of hydrogen-bond donors (Lipinski definition) is 1. The molecule has 1 N–H and O–H groups in total. The Labute approximate surface area is 141 Å². The summed E-state index contributed by atoms with van der Waals surface area (Å²) in [6, 6.07) is 14.2. The first kappa shape index (κ1) is 17.7. The number of rotatable bonds is 6. The average Bonchev–Trinajstić information content (AvgIpc) is 2.54. The van der Waals surface area contributed by atoms with Gasteiger partial charge in [0, 0.05) is 17.2 Å². The van der Waals surface area contributed by atoms with Gasteiger partial charge in [-0.3, -0.25) is 14.9 Å². The summed E-state index contributed by atoms with van der Waals surface area (Å²) in [6.45, 7) is 5.80. The molecular formula is C19H22N2O3. The van der Waals surface area contributed by atoms with Gasteiger partial charge >= 0.3 is 0 Å². The van der Waals surface area contributed by atoms with Crippen molar-refractivity contribution in [1.29, 1.82) is 0 Å². The van der Waals surface area contributed by atoms with Crippen molar-refractivity contribution in [2.45, 2.75) is 33.2 Å². The van der Waals surface area contributed by atoms with E-state index in [1.807, 2.05) is 30.3 Å². The fraction of sp³-hybridized carbons (Fsp3) is 0.316. The van der Waals surface area contributed by atoms with E-state index >= 15 is 0 Å². The number of carbonyl (C=O) groups excluding carboxylic acids is 1. The number of benzene rings is 2. The molecule has 2 rings (SSSR count). The van der Waals surface area contributed by atoms with Crippen LogP contribution in [0.1, 0.15) is 47.8 Å². The Morgan fingerprint density at radius 1 is 1.12 bits per heavy atom. The molecule has 126 valence electrons. The van der Waals surface area contributed by atoms with Crippen LogP contribution in [0, 0.1) is 23.0 Å². The lowest BCUT2D eigenvalue weighted by Gasteiger charge is -2.21. The first-order chi connectivity index (χ1) is 11.4. The van der Waals surface area contributed by atoms with Crippen LogP contribution >= 0.6 is 0 Å². The molecule has 0 aliphatic rings. The SMILES string of the molecule is Cc1c(C(=O)N[C@@H](CC(C)C)c2ccccc2)cccc1[N+](=O)[O-]. The minimum atomic E-state index is -0.463. The molecule has 0 bridgehead atoms. The molecule has 0 saturated carbocycles. The lowest BCUT2D eigenvalue weighted by atomic mass is 9.96. The minimum Gasteiger partial charge on any atom is -0.345 e. The summed E-state index contributed by atoms with van der Waals surface area (Å²) in [4.78, 5) is 23.3. The highest BCUT2D eigenvalue weighted by molar-refractivity contribution is 5.96. The molecule has 0 aromatic heterocycles. The van der Waals surface area contributed by atoms with Crippen molar-refractivity contribution in [3.8, 4) is 0 Å². The van der Waals surface area contributed by atoms with Crippen molar-refractivity contribution in [1.82, 2.24) is 5.32 Å². The summed E-state index contributed by atoms with van der Waals surface area (Å²) in [7, 11) is 0. The number of hydrogen-bond acceptors (Lipinski definition) is 3. The van der Waals surface area contributed by atoms with E-state index in [-0.39, 0.29) is 17.6 Å². The molecule has 0 heterocycles. The second-order valence-electron chi connectivity index (χ2n) is 6.27. The lowest BCUT2D eigenvalue weighted by Crippen LogP contribution is -2.30. The van der Waals surface area contributed by atoms with Gasteiger partial charge in [0.15, 0.2) is 0 Å². The highest BCUT2D eigenvalue weighted by Crippen LogP contribution is 2.24. The number of amides is 1. The fourth-order valence-electron chi connectivity index (χ4n) is 2.74. The average molecular weight is 326 g/mol. The van der Waals surface area contributed by atoms with E-state index in [4.69, 9.17) is 0 Å². The van der Waals surface area contributed by atoms with Gasteiger partial charge in [0.05, 0.1) is 11.0 Å². The number of nitrogens with zero attached hydrogens (tertiary/aromatic N) is 1. The fourth-order valence-corrected chi connectivity index (χ4v) is 2.74. The maximum absolute atomic E-state index is 12.7. The smallest absolute Gasteiger partial charge is 0.273 e. The highest BCUT2D eigenvalue weighted by atomic mass is 16.6. The van der Waals surface area contributed by atoms with Gasteiger partial charge in [-0.2, -0.15) is 0 Å². The van der Waals surface area contributed by atoms with Gasteiger partial charge in [-0.25, -0.2) is 0 Å². The van der Waals surface area contributed by atoms with Crippen LogP contribution in [0.3, 0.4) is 0 Å². The van der Waals surface area contributed by atoms with Gasteiger partial charge < -0.3 is 5.32 Å². The summed E-state index contributed by atoms with van der Waals surface area (Å²) >= 11 is 0. The van der Waals surface area contributed by atoms with Gasteiger partial charge in [0.1, 0.15) is 0 Å². The molecular weight excluding hydrogens is 304 g/mol. The summed E-state index contributed by atoms with van der Waals surface area (Å²) in [5.74, 6) is 0.118. The molecule has 0 unspecified atom stereocenters. The first-order valence-corrected chi connectivity index (χ1v) is 8.00. The van der Waals surface area contributed by atoms with Crippen molar-refractivity contribution in [2.24, 2.45) is 5.92 Å². The third-order valence-electron chi connectivity index (χ3n) is 3.96. The molecule has 0 radical (unpaired) electrons. The molecule has 0 spiro atoms. The molecule has 2 aromatic rings. The quantitative estimate of drug-likeness (QED) is 0.631. The standard InChI is InChI=1S/C19H22N2O3/c1-13(2)12-17(15-8-5-4-6-9-15)20-19(22)16-10-7-11-18(14(16)3)21(23)24/h4-11,13,17H,12H2,1-3H3,(H,20,22)/t17-/m0/s1. The summed E-state index contributed by atoms with van der Waals surface area (Å²) in [6.07, 6.45) is 0.795. The van der Waals surface area contributed by atoms with Crippen molar-refractivity contribution in [3.63, 3.8) is 0 Å². The highest BCUT2D eigenvalue weighted by Gasteiger charge is 2.21. The van der Waals surface area contributed by atoms with Gasteiger partial charge in [-0.05, 0) is 30.9 Å². The van der Waals surface area contributed by atoms with Crippen molar-refractivity contribution in [3.05, 3.63) is 75.3 Å². The van der Waals surface area contributed by atoms with Crippen molar-refractivity contribution < 1.29 is 9.72 Å². The molecule has 2 aromatic carbocycles. The zero-order valence-corrected chi connectivity index (χ0v) is 14.2. The Morgan fingerprint density at radius 3 is 2.38 bits per heavy atom. The molecule has 0 aliphatic heterocycles. The Kier molecular flexibility index (Phi) is 5.68. The van der Waals surface area contributed by atoms with Crippen LogP contribution in [-0.2, 0) is 0 Å². The second-order valence-corrected chi connectivity index (χ2v) is 6.27. The van der Waals surface area contributed by atoms with E-state index < -0.39 is 4.92 Å². The van der Waals surface area contributed by atoms with Crippen LogP contribution in [0.2, 0.25) is 0 Å². The van der Waals surface area contributed by atoms with Gasteiger partial charge in [-0.1, -0.05) is 50.2 Å². The van der Waals surface area contributed by atoms with E-state index in [0.29, 0.717) is 17.0 Å². The number of nitro groups is 1. The lowest BCUT2D eigenvalue weighted by molar-refractivity contribution is -0.385. The zero-order chi connectivity index (χ0) is 17.7. The monoisotopic (exact) mass is 326 g/mol. The zero-order valence-electron chi connectivity index (χ0n) is 14.2. The van der Waals surface area contributed by atoms with Gasteiger partial charge in [-0.15, -0.1) is 0 Å². The van der Waals surface area contributed by atoms with Gasteiger partial charge in [0.25, 0.3) is 11.6 Å². The Hall–Kier alpha value is -2.69. The maximum Gasteiger partial charge on any atom is 0.273 e. The normalized spacial score (nSPS) is 12.0. The Balaban J connectivity index is 2.28. The van der Waals surface area contributed by atoms with E-state index in [1.54, 1.807) is 19.1 Å². The van der Waals surface area contributed by atoms with E-state index in [0.717, 1.165) is 12.0 Å². The largest absolute Gasteiger partial charge is 0.345 e.